The van der Waals surface area contributed by atoms with Gasteiger partial charge in [0, 0.05) is 18.5 Å². The quantitative estimate of drug-likeness (QED) is 0.490. The van der Waals surface area contributed by atoms with Crippen molar-refractivity contribution in [1.82, 2.24) is 15.3 Å². The Hall–Kier alpha value is -4.38. The van der Waals surface area contributed by atoms with E-state index in [0.29, 0.717) is 0 Å². The molecule has 1 N–H and O–H groups in total. The summed E-state index contributed by atoms with van der Waals surface area (Å²) in [6.07, 6.45) is 4.16. The molecule has 5 heteroatoms. The van der Waals surface area contributed by atoms with Gasteiger partial charge in [-0.2, -0.15) is 0 Å². The fourth-order valence-corrected chi connectivity index (χ4v) is 4.15. The first kappa shape index (κ1) is 19.6. The lowest BCUT2D eigenvalue weighted by Gasteiger charge is -2.38. The third-order valence-corrected chi connectivity index (χ3v) is 5.61. The SMILES string of the molecule is O=C1C=C(NC(c2ccccc2)(c2ccccc2)c2ccccc2)C(=O)c2nccnc21. The Morgan fingerprint density at radius 3 is 1.50 bits per heavy atom. The summed E-state index contributed by atoms with van der Waals surface area (Å²) < 4.78 is 0. The van der Waals surface area contributed by atoms with Crippen molar-refractivity contribution in [3.05, 3.63) is 143 Å². The summed E-state index contributed by atoms with van der Waals surface area (Å²) in [5.74, 6) is -0.710. The number of hydrogen-bond acceptors (Lipinski definition) is 5. The van der Waals surface area contributed by atoms with E-state index in [9.17, 15) is 9.59 Å². The number of Topliss-reactive ketones (excluding diaryl/α,β-unsaturated/α-hetero) is 1. The van der Waals surface area contributed by atoms with Crippen LogP contribution >= 0.6 is 0 Å². The van der Waals surface area contributed by atoms with Crippen molar-refractivity contribution in [2.75, 3.05) is 0 Å². The average Bonchev–Trinajstić information content (AvgIpc) is 2.87. The molecular weight excluding hydrogens is 398 g/mol. The highest BCUT2D eigenvalue weighted by molar-refractivity contribution is 6.22. The van der Waals surface area contributed by atoms with Gasteiger partial charge in [-0.05, 0) is 16.7 Å². The lowest BCUT2D eigenvalue weighted by Crippen LogP contribution is -2.46. The van der Waals surface area contributed by atoms with Crippen molar-refractivity contribution in [1.29, 1.82) is 0 Å². The predicted octanol–water partition coefficient (Wildman–Crippen LogP) is 4.32. The zero-order valence-electron chi connectivity index (χ0n) is 17.1. The second-order valence-corrected chi connectivity index (χ2v) is 7.48. The number of carbonyl (C=O) groups is 2. The number of aromatic nitrogens is 2. The van der Waals surface area contributed by atoms with Gasteiger partial charge >= 0.3 is 0 Å². The van der Waals surface area contributed by atoms with Gasteiger partial charge in [-0.15, -0.1) is 0 Å². The van der Waals surface area contributed by atoms with Crippen LogP contribution in [0.25, 0.3) is 0 Å². The Balaban J connectivity index is 1.75. The second kappa shape index (κ2) is 8.04. The Kier molecular flexibility index (Phi) is 4.92. The number of rotatable bonds is 5. The van der Waals surface area contributed by atoms with Gasteiger partial charge in [0.15, 0.2) is 0 Å². The predicted molar refractivity (Wildman–Crippen MR) is 121 cm³/mol. The summed E-state index contributed by atoms with van der Waals surface area (Å²) in [5.41, 5.74) is 2.21. The molecule has 154 valence electrons. The van der Waals surface area contributed by atoms with Crippen molar-refractivity contribution in [2.45, 2.75) is 5.54 Å². The Morgan fingerprint density at radius 1 is 0.594 bits per heavy atom. The molecular formula is C27H19N3O2. The van der Waals surface area contributed by atoms with E-state index in [1.54, 1.807) is 0 Å². The number of allylic oxidation sites excluding steroid dienone is 2. The molecule has 1 aliphatic rings. The summed E-state index contributed by atoms with van der Waals surface area (Å²) >= 11 is 0. The molecule has 0 fully saturated rings. The third-order valence-electron chi connectivity index (χ3n) is 5.61. The molecule has 0 amide bonds. The molecule has 0 unspecified atom stereocenters. The first-order chi connectivity index (χ1) is 15.7. The van der Waals surface area contributed by atoms with Gasteiger partial charge < -0.3 is 5.32 Å². The molecule has 1 aromatic heterocycles. The molecule has 0 bridgehead atoms. The van der Waals surface area contributed by atoms with Crippen LogP contribution in [0.1, 0.15) is 37.7 Å². The van der Waals surface area contributed by atoms with Gasteiger partial charge in [0.25, 0.3) is 0 Å². The van der Waals surface area contributed by atoms with Crippen LogP contribution in [0.3, 0.4) is 0 Å². The van der Waals surface area contributed by atoms with Crippen LogP contribution in [0.4, 0.5) is 0 Å². The van der Waals surface area contributed by atoms with Gasteiger partial charge in [-0.1, -0.05) is 91.0 Å². The molecule has 0 radical (unpaired) electrons. The van der Waals surface area contributed by atoms with Crippen LogP contribution in [0, 0.1) is 0 Å². The minimum absolute atomic E-state index is 0.0607. The van der Waals surface area contributed by atoms with E-state index in [-0.39, 0.29) is 28.7 Å². The molecule has 0 saturated heterocycles. The molecule has 5 nitrogen and oxygen atoms in total. The van der Waals surface area contributed by atoms with Crippen molar-refractivity contribution < 1.29 is 9.59 Å². The number of ketones is 2. The Labute approximate surface area is 185 Å². The molecule has 1 heterocycles. The summed E-state index contributed by atoms with van der Waals surface area (Å²) in [6, 6.07) is 29.7. The maximum absolute atomic E-state index is 13.3. The molecule has 32 heavy (non-hydrogen) atoms. The Morgan fingerprint density at radius 2 is 1.03 bits per heavy atom. The first-order valence-electron chi connectivity index (χ1n) is 10.3. The number of nitrogens with one attached hydrogen (secondary N) is 1. The number of fused-ring (bicyclic) bond motifs is 1. The zero-order chi connectivity index (χ0) is 22.0. The fourth-order valence-electron chi connectivity index (χ4n) is 4.15. The van der Waals surface area contributed by atoms with Crippen molar-refractivity contribution in [3.63, 3.8) is 0 Å². The lowest BCUT2D eigenvalue weighted by molar-refractivity contribution is 0.0967. The lowest BCUT2D eigenvalue weighted by atomic mass is 9.76. The van der Waals surface area contributed by atoms with Gasteiger partial charge in [0.1, 0.15) is 16.9 Å². The highest BCUT2D eigenvalue weighted by Gasteiger charge is 2.40. The molecule has 1 aliphatic carbocycles. The topological polar surface area (TPSA) is 72.0 Å². The van der Waals surface area contributed by atoms with Crippen LogP contribution in [0.2, 0.25) is 0 Å². The van der Waals surface area contributed by atoms with E-state index in [4.69, 9.17) is 0 Å². The number of nitrogens with zero attached hydrogens (tertiary/aromatic N) is 2. The summed E-state index contributed by atoms with van der Waals surface area (Å²) in [7, 11) is 0. The van der Waals surface area contributed by atoms with Gasteiger partial charge in [-0.3, -0.25) is 9.59 Å². The van der Waals surface area contributed by atoms with E-state index in [2.05, 4.69) is 15.3 Å². The smallest absolute Gasteiger partial charge is 0.229 e. The number of hydrogen-bond donors (Lipinski definition) is 1. The van der Waals surface area contributed by atoms with Gasteiger partial charge in [0.05, 0.1) is 5.70 Å². The van der Waals surface area contributed by atoms with Crippen molar-refractivity contribution in [3.8, 4) is 0 Å². The maximum Gasteiger partial charge on any atom is 0.229 e. The standard InChI is InChI=1S/C27H19N3O2/c31-23-18-22(26(32)25-24(23)28-16-17-29-25)30-27(19-10-4-1-5-11-19,20-12-6-2-7-13-20)21-14-8-3-9-15-21/h1-18,30H. The molecule has 0 saturated carbocycles. The zero-order valence-corrected chi connectivity index (χ0v) is 17.1. The Bertz CT molecular complexity index is 1220. The molecule has 0 aliphatic heterocycles. The third kappa shape index (κ3) is 3.20. The van der Waals surface area contributed by atoms with Gasteiger partial charge in [0.2, 0.25) is 11.6 Å². The molecule has 5 rings (SSSR count). The first-order valence-corrected chi connectivity index (χ1v) is 10.3. The molecule has 3 aromatic carbocycles. The summed E-state index contributed by atoms with van der Waals surface area (Å²) in [6.45, 7) is 0. The van der Waals surface area contributed by atoms with Crippen molar-refractivity contribution >= 4 is 11.6 Å². The number of carbonyl (C=O) groups excluding carboxylic acids is 2. The molecule has 4 aromatic rings. The van der Waals surface area contributed by atoms with Crippen LogP contribution in [0.15, 0.2) is 115 Å². The van der Waals surface area contributed by atoms with E-state index in [0.717, 1.165) is 16.7 Å². The minimum Gasteiger partial charge on any atom is -0.365 e. The van der Waals surface area contributed by atoms with Crippen molar-refractivity contribution in [2.24, 2.45) is 0 Å². The minimum atomic E-state index is -0.911. The molecule has 0 atom stereocenters. The van der Waals surface area contributed by atoms with Crippen LogP contribution in [-0.2, 0) is 5.54 Å². The van der Waals surface area contributed by atoms with E-state index >= 15 is 0 Å². The van der Waals surface area contributed by atoms with E-state index in [1.807, 2.05) is 91.0 Å². The molecule has 0 spiro atoms. The summed E-state index contributed by atoms with van der Waals surface area (Å²) in [4.78, 5) is 34.3. The highest BCUT2D eigenvalue weighted by atomic mass is 16.1. The fraction of sp³-hybridized carbons (Fsp3) is 0.0370. The maximum atomic E-state index is 13.3. The monoisotopic (exact) mass is 417 g/mol. The van der Waals surface area contributed by atoms with E-state index in [1.165, 1.54) is 18.5 Å². The number of benzene rings is 3. The average molecular weight is 417 g/mol. The van der Waals surface area contributed by atoms with E-state index < -0.39 is 5.54 Å². The largest absolute Gasteiger partial charge is 0.365 e. The normalized spacial score (nSPS) is 13.3. The van der Waals surface area contributed by atoms with Crippen LogP contribution in [0.5, 0.6) is 0 Å². The van der Waals surface area contributed by atoms with Crippen LogP contribution in [-0.4, -0.2) is 21.5 Å². The second-order valence-electron chi connectivity index (χ2n) is 7.48. The van der Waals surface area contributed by atoms with Crippen LogP contribution < -0.4 is 5.32 Å². The highest BCUT2D eigenvalue weighted by Crippen LogP contribution is 2.38. The van der Waals surface area contributed by atoms with Gasteiger partial charge in [-0.25, -0.2) is 9.97 Å². The summed E-state index contributed by atoms with van der Waals surface area (Å²) in [5, 5.41) is 3.46.